The quantitative estimate of drug-likeness (QED) is 0.520. The number of carbonyl (C=O) groups excluding carboxylic acids is 1. The molecule has 2 aliphatic rings. The number of carbonyl (C=O) groups is 1. The number of fused-ring (bicyclic) bond motifs is 1. The van der Waals surface area contributed by atoms with Gasteiger partial charge in [0.25, 0.3) is 5.91 Å². The van der Waals surface area contributed by atoms with Crippen molar-refractivity contribution in [3.05, 3.63) is 71.5 Å². The maximum absolute atomic E-state index is 13.8. The molecule has 0 spiro atoms. The lowest BCUT2D eigenvalue weighted by Gasteiger charge is -2.35. The first kappa shape index (κ1) is 23.1. The summed E-state index contributed by atoms with van der Waals surface area (Å²) >= 11 is 0. The summed E-state index contributed by atoms with van der Waals surface area (Å²) in [6, 6.07) is 5.65. The molecule has 1 N–H and O–H groups in total. The molecule has 1 saturated carbocycles. The third kappa shape index (κ3) is 4.52. The lowest BCUT2D eigenvalue weighted by Crippen LogP contribution is -2.48. The third-order valence-corrected chi connectivity index (χ3v) is 6.65. The molecule has 3 aromatic heterocycles. The molecular weight excluding hydrogens is 459 g/mol. The molecule has 0 bridgehead atoms. The Morgan fingerprint density at radius 3 is 2.63 bits per heavy atom. The zero-order valence-electron chi connectivity index (χ0n) is 19.3. The Morgan fingerprint density at radius 2 is 1.97 bits per heavy atom. The first-order chi connectivity index (χ1) is 16.6. The molecule has 2 fully saturated rings. The summed E-state index contributed by atoms with van der Waals surface area (Å²) in [5.41, 5.74) is 1.78. The van der Waals surface area contributed by atoms with Gasteiger partial charge in [0.1, 0.15) is 17.3 Å². The molecule has 3 atom stereocenters. The van der Waals surface area contributed by atoms with Crippen LogP contribution < -0.4 is 5.32 Å². The number of nitrogens with one attached hydrogen (secondary N) is 1. The fourth-order valence-electron chi connectivity index (χ4n) is 4.62. The van der Waals surface area contributed by atoms with Gasteiger partial charge >= 0.3 is 6.18 Å². The SMILES string of the molecule is C=C1[C@H]2CN(C(=O)c3nc(C)ccc3-c3ncc(C)o3)[C@H](CNc3ccc(C(F)(F)F)cn3)C[C@@H]12. The number of aryl methyl sites for hydroxylation is 2. The Kier molecular flexibility index (Phi) is 5.61. The van der Waals surface area contributed by atoms with Gasteiger partial charge in [-0.15, -0.1) is 0 Å². The Morgan fingerprint density at radius 1 is 1.17 bits per heavy atom. The Bertz CT molecular complexity index is 1280. The van der Waals surface area contributed by atoms with Crippen molar-refractivity contribution in [2.45, 2.75) is 32.5 Å². The molecule has 0 unspecified atom stereocenters. The molecule has 0 aromatic carbocycles. The number of rotatable bonds is 5. The van der Waals surface area contributed by atoms with E-state index >= 15 is 0 Å². The molecule has 1 aliphatic heterocycles. The third-order valence-electron chi connectivity index (χ3n) is 6.65. The highest BCUT2D eigenvalue weighted by molar-refractivity contribution is 5.98. The molecule has 1 amide bonds. The summed E-state index contributed by atoms with van der Waals surface area (Å²) in [6.07, 6.45) is -1.35. The van der Waals surface area contributed by atoms with Gasteiger partial charge in [-0.2, -0.15) is 13.2 Å². The zero-order chi connectivity index (χ0) is 24.9. The molecule has 1 saturated heterocycles. The number of aromatic nitrogens is 3. The van der Waals surface area contributed by atoms with Crippen molar-refractivity contribution in [2.75, 3.05) is 18.4 Å². The number of halogens is 3. The maximum Gasteiger partial charge on any atom is 0.417 e. The Balaban J connectivity index is 1.39. The first-order valence-corrected chi connectivity index (χ1v) is 11.3. The smallest absolute Gasteiger partial charge is 0.417 e. The van der Waals surface area contributed by atoms with E-state index in [2.05, 4.69) is 26.8 Å². The average molecular weight is 483 g/mol. The molecule has 35 heavy (non-hydrogen) atoms. The minimum absolute atomic E-state index is 0.214. The lowest BCUT2D eigenvalue weighted by molar-refractivity contribution is -0.137. The van der Waals surface area contributed by atoms with Gasteiger partial charge in [-0.3, -0.25) is 4.79 Å². The molecule has 7 nitrogen and oxygen atoms in total. The van der Waals surface area contributed by atoms with E-state index in [-0.39, 0.29) is 23.6 Å². The van der Waals surface area contributed by atoms with Gasteiger partial charge in [-0.05, 0) is 50.5 Å². The van der Waals surface area contributed by atoms with Crippen LogP contribution in [0.15, 0.2) is 53.2 Å². The molecule has 3 aromatic rings. The van der Waals surface area contributed by atoms with Crippen LogP contribution in [0.2, 0.25) is 0 Å². The van der Waals surface area contributed by atoms with Crippen molar-refractivity contribution in [3.8, 4) is 11.5 Å². The van der Waals surface area contributed by atoms with Crippen molar-refractivity contribution in [2.24, 2.45) is 11.8 Å². The van der Waals surface area contributed by atoms with Crippen LogP contribution in [0.25, 0.3) is 11.5 Å². The van der Waals surface area contributed by atoms with Gasteiger partial charge in [0.2, 0.25) is 5.89 Å². The first-order valence-electron chi connectivity index (χ1n) is 11.3. The van der Waals surface area contributed by atoms with Gasteiger partial charge in [-0.1, -0.05) is 12.2 Å². The van der Waals surface area contributed by atoms with Gasteiger partial charge in [0.05, 0.1) is 17.3 Å². The number of hydrogen-bond acceptors (Lipinski definition) is 6. The van der Waals surface area contributed by atoms with Crippen LogP contribution in [0.5, 0.6) is 0 Å². The second kappa shape index (κ2) is 8.51. The number of likely N-dealkylation sites (tertiary alicyclic amines) is 1. The van der Waals surface area contributed by atoms with Crippen molar-refractivity contribution in [1.29, 1.82) is 0 Å². The number of hydrogen-bond donors (Lipinski definition) is 1. The summed E-state index contributed by atoms with van der Waals surface area (Å²) in [6.45, 7) is 8.56. The summed E-state index contributed by atoms with van der Waals surface area (Å²) in [4.78, 5) is 28.2. The van der Waals surface area contributed by atoms with Crippen LogP contribution >= 0.6 is 0 Å². The van der Waals surface area contributed by atoms with E-state index in [9.17, 15) is 18.0 Å². The van der Waals surface area contributed by atoms with Gasteiger partial charge in [-0.25, -0.2) is 15.0 Å². The molecule has 182 valence electrons. The van der Waals surface area contributed by atoms with Crippen LogP contribution in [0.3, 0.4) is 0 Å². The van der Waals surface area contributed by atoms with E-state index < -0.39 is 11.7 Å². The molecular formula is C25H24F3N5O2. The van der Waals surface area contributed by atoms with Crippen molar-refractivity contribution in [3.63, 3.8) is 0 Å². The van der Waals surface area contributed by atoms with Crippen molar-refractivity contribution >= 4 is 11.7 Å². The van der Waals surface area contributed by atoms with Gasteiger partial charge in [0.15, 0.2) is 0 Å². The summed E-state index contributed by atoms with van der Waals surface area (Å²) in [5, 5.41) is 3.09. The number of piperidine rings is 1. The zero-order valence-corrected chi connectivity index (χ0v) is 19.3. The van der Waals surface area contributed by atoms with E-state index in [4.69, 9.17) is 4.42 Å². The van der Waals surface area contributed by atoms with E-state index in [0.717, 1.165) is 17.8 Å². The predicted molar refractivity (Wildman–Crippen MR) is 122 cm³/mol. The van der Waals surface area contributed by atoms with Crippen LogP contribution in [-0.4, -0.2) is 44.9 Å². The minimum atomic E-state index is -4.45. The standard InChI is InChI=1S/C25H24F3N5O2/c1-13-4-6-18(23-31-9-14(2)35-23)22(32-13)24(34)33-12-20-15(3)19(20)8-17(33)11-30-21-7-5-16(10-29-21)25(26,27)28/h4-7,9-10,17,19-20H,3,8,11-12H2,1-2H3,(H,29,30)/t17-,19-,20+/m0/s1. The Hall–Kier alpha value is -3.69. The van der Waals surface area contributed by atoms with Crippen molar-refractivity contribution in [1.82, 2.24) is 19.9 Å². The highest BCUT2D eigenvalue weighted by atomic mass is 19.4. The largest absolute Gasteiger partial charge is 0.441 e. The predicted octanol–water partition coefficient (Wildman–Crippen LogP) is 4.90. The van der Waals surface area contributed by atoms with E-state index in [1.54, 1.807) is 30.2 Å². The molecule has 1 aliphatic carbocycles. The summed E-state index contributed by atoms with van der Waals surface area (Å²) in [7, 11) is 0. The lowest BCUT2D eigenvalue weighted by atomic mass is 10.0. The summed E-state index contributed by atoms with van der Waals surface area (Å²) in [5.74, 6) is 1.60. The topological polar surface area (TPSA) is 84.2 Å². The van der Waals surface area contributed by atoms with Crippen LogP contribution in [0.1, 0.15) is 33.9 Å². The average Bonchev–Trinajstić information content (AvgIpc) is 3.23. The number of anilines is 1. The maximum atomic E-state index is 13.8. The molecule has 10 heteroatoms. The van der Waals surface area contributed by atoms with Crippen LogP contribution in [0, 0.1) is 25.7 Å². The van der Waals surface area contributed by atoms with E-state index in [0.29, 0.717) is 54.2 Å². The minimum Gasteiger partial charge on any atom is -0.441 e. The molecule has 5 rings (SSSR count). The second-order valence-corrected chi connectivity index (χ2v) is 9.07. The normalized spacial score (nSPS) is 21.6. The van der Waals surface area contributed by atoms with Gasteiger partial charge < -0.3 is 14.6 Å². The summed E-state index contributed by atoms with van der Waals surface area (Å²) < 4.78 is 44.2. The fraction of sp³-hybridized carbons (Fsp3) is 0.360. The van der Waals surface area contributed by atoms with Crippen molar-refractivity contribution < 1.29 is 22.4 Å². The van der Waals surface area contributed by atoms with Crippen LogP contribution in [0.4, 0.5) is 19.0 Å². The number of amides is 1. The second-order valence-electron chi connectivity index (χ2n) is 9.07. The number of alkyl halides is 3. The number of nitrogens with zero attached hydrogens (tertiary/aromatic N) is 4. The Labute approximate surface area is 200 Å². The monoisotopic (exact) mass is 483 g/mol. The van der Waals surface area contributed by atoms with E-state index in [1.807, 2.05) is 6.92 Å². The highest BCUT2D eigenvalue weighted by Crippen LogP contribution is 2.51. The molecule has 4 heterocycles. The highest BCUT2D eigenvalue weighted by Gasteiger charge is 2.50. The molecule has 0 radical (unpaired) electrons. The van der Waals surface area contributed by atoms with E-state index in [1.165, 1.54) is 6.07 Å². The fourth-order valence-corrected chi connectivity index (χ4v) is 4.62. The number of pyridine rings is 2. The van der Waals surface area contributed by atoms with Gasteiger partial charge in [0, 0.05) is 36.9 Å². The number of oxazole rings is 1. The van der Waals surface area contributed by atoms with Crippen LogP contribution in [-0.2, 0) is 6.18 Å².